The second-order valence-corrected chi connectivity index (χ2v) is 8.54. The van der Waals surface area contributed by atoms with E-state index in [-0.39, 0.29) is 22.9 Å². The predicted octanol–water partition coefficient (Wildman–Crippen LogP) is 2.72. The molecule has 0 amide bonds. The number of benzene rings is 1. The average molecular weight is 509 g/mol. The fourth-order valence-electron chi connectivity index (χ4n) is 4.38. The van der Waals surface area contributed by atoms with Crippen molar-refractivity contribution < 1.29 is 8.78 Å². The second-order valence-electron chi connectivity index (χ2n) is 8.10. The summed E-state index contributed by atoms with van der Waals surface area (Å²) in [6, 6.07) is 8.46. The molecular formula is C22H15ClF2N10O. The monoisotopic (exact) mass is 508 g/mol. The van der Waals surface area contributed by atoms with Crippen molar-refractivity contribution in [2.45, 2.75) is 18.9 Å². The normalized spacial score (nSPS) is 14.8. The first-order chi connectivity index (χ1) is 17.4. The molecule has 0 radical (unpaired) electrons. The molecule has 5 aromatic rings. The van der Waals surface area contributed by atoms with Crippen LogP contribution in [-0.4, -0.2) is 44.7 Å². The second kappa shape index (κ2) is 8.30. The first kappa shape index (κ1) is 22.0. The maximum Gasteiger partial charge on any atom is 0.254 e. The van der Waals surface area contributed by atoms with Gasteiger partial charge in [-0.25, -0.2) is 9.97 Å². The average Bonchev–Trinajstić information content (AvgIpc) is 3.59. The SMILES string of the molecule is Nc1ccc(-c2nc(F)c([C@H]3CCc4nc(-c5cc(Cl)ccc5-n5cnnn5)cc(=O)n43)[nH]2)c(F)n1. The summed E-state index contributed by atoms with van der Waals surface area (Å²) in [6.45, 7) is 0. The minimum absolute atomic E-state index is 0.00963. The van der Waals surface area contributed by atoms with Crippen LogP contribution in [-0.2, 0) is 6.42 Å². The number of tetrazole rings is 1. The van der Waals surface area contributed by atoms with Crippen LogP contribution in [0.2, 0.25) is 5.02 Å². The molecule has 1 aromatic carbocycles. The Hall–Kier alpha value is -4.52. The van der Waals surface area contributed by atoms with Crippen LogP contribution >= 0.6 is 11.6 Å². The van der Waals surface area contributed by atoms with Gasteiger partial charge in [-0.2, -0.15) is 18.4 Å². The van der Waals surface area contributed by atoms with Gasteiger partial charge >= 0.3 is 0 Å². The molecule has 36 heavy (non-hydrogen) atoms. The number of nitrogens with one attached hydrogen (secondary N) is 1. The van der Waals surface area contributed by atoms with E-state index in [0.29, 0.717) is 40.6 Å². The number of H-pyrrole nitrogens is 1. The number of nitrogens with two attached hydrogens (primary N) is 1. The first-order valence-corrected chi connectivity index (χ1v) is 11.1. The van der Waals surface area contributed by atoms with Crippen LogP contribution in [0.15, 0.2) is 47.5 Å². The topological polar surface area (TPSA) is 146 Å². The van der Waals surface area contributed by atoms with Gasteiger partial charge in [-0.05, 0) is 47.2 Å². The number of anilines is 1. The Morgan fingerprint density at radius 1 is 1.06 bits per heavy atom. The highest BCUT2D eigenvalue weighted by atomic mass is 35.5. The van der Waals surface area contributed by atoms with Crippen LogP contribution in [0.5, 0.6) is 0 Å². The number of nitrogen functional groups attached to an aromatic ring is 1. The molecule has 3 N–H and O–H groups in total. The molecule has 180 valence electrons. The molecule has 1 atom stereocenters. The van der Waals surface area contributed by atoms with Crippen molar-refractivity contribution in [3.8, 4) is 28.3 Å². The zero-order valence-corrected chi connectivity index (χ0v) is 19.0. The lowest BCUT2D eigenvalue weighted by Gasteiger charge is -2.14. The highest BCUT2D eigenvalue weighted by Gasteiger charge is 2.31. The van der Waals surface area contributed by atoms with Crippen molar-refractivity contribution >= 4 is 17.4 Å². The van der Waals surface area contributed by atoms with E-state index in [2.05, 4.69) is 35.5 Å². The molecule has 0 bridgehead atoms. The predicted molar refractivity (Wildman–Crippen MR) is 124 cm³/mol. The van der Waals surface area contributed by atoms with Gasteiger partial charge in [-0.1, -0.05) is 11.6 Å². The molecule has 4 aromatic heterocycles. The van der Waals surface area contributed by atoms with Crippen LogP contribution in [0.4, 0.5) is 14.6 Å². The van der Waals surface area contributed by atoms with Gasteiger partial charge in [0.15, 0.2) is 0 Å². The molecule has 0 unspecified atom stereocenters. The Balaban J connectivity index is 1.42. The molecule has 0 aliphatic carbocycles. The van der Waals surface area contributed by atoms with E-state index in [1.54, 1.807) is 18.2 Å². The summed E-state index contributed by atoms with van der Waals surface area (Å²) in [5, 5.41) is 11.7. The molecule has 1 aliphatic heterocycles. The number of nitrogens with zero attached hydrogens (tertiary/aromatic N) is 8. The van der Waals surface area contributed by atoms with Crippen LogP contribution in [0.1, 0.15) is 24.0 Å². The van der Waals surface area contributed by atoms with E-state index < -0.39 is 23.5 Å². The minimum Gasteiger partial charge on any atom is -0.384 e. The van der Waals surface area contributed by atoms with Crippen molar-refractivity contribution in [1.29, 1.82) is 0 Å². The minimum atomic E-state index is -0.884. The van der Waals surface area contributed by atoms with Crippen LogP contribution < -0.4 is 11.3 Å². The van der Waals surface area contributed by atoms with Gasteiger partial charge in [0.25, 0.3) is 5.56 Å². The van der Waals surface area contributed by atoms with Crippen LogP contribution in [0.3, 0.4) is 0 Å². The molecule has 11 nitrogen and oxygen atoms in total. The molecular weight excluding hydrogens is 494 g/mol. The van der Waals surface area contributed by atoms with E-state index in [1.165, 1.54) is 33.8 Å². The molecule has 0 spiro atoms. The first-order valence-electron chi connectivity index (χ1n) is 10.7. The smallest absolute Gasteiger partial charge is 0.254 e. The summed E-state index contributed by atoms with van der Waals surface area (Å²) in [6.07, 6.45) is 2.21. The Morgan fingerprint density at radius 3 is 2.69 bits per heavy atom. The number of imidazole rings is 1. The maximum atomic E-state index is 14.9. The third kappa shape index (κ3) is 3.60. The Kier molecular flexibility index (Phi) is 5.07. The third-order valence-corrected chi connectivity index (χ3v) is 6.19. The lowest BCUT2D eigenvalue weighted by atomic mass is 10.1. The van der Waals surface area contributed by atoms with E-state index in [9.17, 15) is 13.6 Å². The standard InChI is InChI=1S/C22H15ClF2N10O/c23-10-1-3-14(34-9-27-32-33-34)12(7-10)13-8-18(36)35-15(4-6-17(35)28-13)19-21(25)31-22(30-19)11-2-5-16(26)29-20(11)24/h1-3,5,7-9,15H,4,6H2,(H2,26,29)(H,30,31)/t15-/m1/s1. The molecule has 0 saturated carbocycles. The Bertz CT molecular complexity index is 1680. The summed E-state index contributed by atoms with van der Waals surface area (Å²) >= 11 is 6.22. The van der Waals surface area contributed by atoms with Crippen molar-refractivity contribution in [3.63, 3.8) is 0 Å². The number of aromatic amines is 1. The van der Waals surface area contributed by atoms with Gasteiger partial charge < -0.3 is 10.7 Å². The van der Waals surface area contributed by atoms with Gasteiger partial charge in [0.1, 0.15) is 23.8 Å². The van der Waals surface area contributed by atoms with Crippen LogP contribution in [0.25, 0.3) is 28.3 Å². The summed E-state index contributed by atoms with van der Waals surface area (Å²) < 4.78 is 32.0. The molecule has 0 fully saturated rings. The number of rotatable bonds is 4. The van der Waals surface area contributed by atoms with Crippen molar-refractivity contribution in [2.24, 2.45) is 0 Å². The van der Waals surface area contributed by atoms with E-state index in [4.69, 9.17) is 17.3 Å². The largest absolute Gasteiger partial charge is 0.384 e. The number of pyridine rings is 1. The molecule has 1 aliphatic rings. The van der Waals surface area contributed by atoms with Crippen molar-refractivity contribution in [2.75, 3.05) is 5.73 Å². The molecule has 5 heterocycles. The van der Waals surface area contributed by atoms with Gasteiger partial charge in [0, 0.05) is 23.1 Å². The maximum absolute atomic E-state index is 14.9. The number of halogens is 3. The summed E-state index contributed by atoms with van der Waals surface area (Å²) in [7, 11) is 0. The lowest BCUT2D eigenvalue weighted by Crippen LogP contribution is -2.25. The molecule has 6 rings (SSSR count). The fourth-order valence-corrected chi connectivity index (χ4v) is 4.55. The highest BCUT2D eigenvalue weighted by molar-refractivity contribution is 6.31. The number of hydrogen-bond acceptors (Lipinski definition) is 8. The molecule has 14 heteroatoms. The molecule has 0 saturated heterocycles. The van der Waals surface area contributed by atoms with Gasteiger partial charge in [0.2, 0.25) is 11.9 Å². The Morgan fingerprint density at radius 2 is 1.92 bits per heavy atom. The van der Waals surface area contributed by atoms with Crippen molar-refractivity contribution in [3.05, 3.63) is 81.5 Å². The van der Waals surface area contributed by atoms with Crippen molar-refractivity contribution in [1.82, 2.24) is 44.7 Å². The van der Waals surface area contributed by atoms with Gasteiger partial charge in [0.05, 0.1) is 28.7 Å². The highest BCUT2D eigenvalue weighted by Crippen LogP contribution is 2.34. The lowest BCUT2D eigenvalue weighted by molar-refractivity contribution is 0.513. The number of aromatic nitrogens is 9. The summed E-state index contributed by atoms with van der Waals surface area (Å²) in [4.78, 5) is 28.1. The zero-order chi connectivity index (χ0) is 25.0. The summed E-state index contributed by atoms with van der Waals surface area (Å²) in [5.41, 5.74) is 6.62. The van der Waals surface area contributed by atoms with E-state index in [0.717, 1.165) is 0 Å². The van der Waals surface area contributed by atoms with Crippen LogP contribution in [0, 0.1) is 11.9 Å². The quantitative estimate of drug-likeness (QED) is 0.352. The van der Waals surface area contributed by atoms with E-state index >= 15 is 0 Å². The van der Waals surface area contributed by atoms with Gasteiger partial charge in [-0.3, -0.25) is 9.36 Å². The number of aryl methyl sites for hydroxylation is 1. The number of fused-ring (bicyclic) bond motifs is 1. The Labute approximate surface area is 205 Å². The number of hydrogen-bond donors (Lipinski definition) is 2. The summed E-state index contributed by atoms with van der Waals surface area (Å²) in [5.74, 6) is -1.33. The zero-order valence-electron chi connectivity index (χ0n) is 18.2. The third-order valence-electron chi connectivity index (χ3n) is 5.95. The fraction of sp³-hybridized carbons (Fsp3) is 0.136. The van der Waals surface area contributed by atoms with E-state index in [1.807, 2.05) is 0 Å². The van der Waals surface area contributed by atoms with Gasteiger partial charge in [-0.15, -0.1) is 5.10 Å².